The van der Waals surface area contributed by atoms with Crippen LogP contribution >= 0.6 is 0 Å². The number of hydrogen-bond acceptors (Lipinski definition) is 0. The molecule has 0 nitrogen and oxygen atoms in total. The maximum atomic E-state index is 2.12. The molecule has 0 aromatic heterocycles. The second kappa shape index (κ2) is 52.4. The molecule has 0 aliphatic rings. The highest BCUT2D eigenvalue weighted by Gasteiger charge is 1.92. The molecule has 0 amide bonds. The van der Waals surface area contributed by atoms with E-state index in [1.807, 2.05) is 159 Å². The summed E-state index contributed by atoms with van der Waals surface area (Å²) in [4.78, 5) is 0. The van der Waals surface area contributed by atoms with E-state index in [9.17, 15) is 0 Å². The molecule has 296 valence electrons. The van der Waals surface area contributed by atoms with Crippen LogP contribution < -0.4 is 0 Å². The van der Waals surface area contributed by atoms with E-state index in [1.54, 1.807) is 0 Å². The minimum absolute atomic E-state index is 1.28. The van der Waals surface area contributed by atoms with Gasteiger partial charge in [-0.3, -0.25) is 0 Å². The van der Waals surface area contributed by atoms with Gasteiger partial charge in [-0.15, -0.1) is 0 Å². The number of rotatable bonds is 1. The van der Waals surface area contributed by atoms with Gasteiger partial charge in [0, 0.05) is 0 Å². The van der Waals surface area contributed by atoms with Crippen LogP contribution in [0.3, 0.4) is 0 Å². The summed E-state index contributed by atoms with van der Waals surface area (Å²) in [6, 6.07) is 66.2. The largest absolute Gasteiger partial charge is 0.0683 e. The molecule has 0 saturated carbocycles. The maximum absolute atomic E-state index is 2.12. The lowest BCUT2D eigenvalue weighted by Crippen LogP contribution is -1.73. The topological polar surface area (TPSA) is 0 Å². The van der Waals surface area contributed by atoms with Crippen molar-refractivity contribution in [3.63, 3.8) is 0 Å². The highest BCUT2D eigenvalue weighted by Crippen LogP contribution is 2.17. The Bertz CT molecular complexity index is 1320. The van der Waals surface area contributed by atoms with E-state index in [4.69, 9.17) is 0 Å². The van der Waals surface area contributed by atoms with Gasteiger partial charge < -0.3 is 0 Å². The van der Waals surface area contributed by atoms with Gasteiger partial charge in [-0.1, -0.05) is 305 Å². The van der Waals surface area contributed by atoms with Crippen molar-refractivity contribution in [3.8, 4) is 11.1 Å². The third-order valence-electron chi connectivity index (χ3n) is 5.86. The zero-order valence-corrected chi connectivity index (χ0v) is 37.5. The van der Waals surface area contributed by atoms with Crippen molar-refractivity contribution in [2.45, 2.75) is 111 Å². The normalized spacial score (nSPS) is 7.63. The molecule has 54 heavy (non-hydrogen) atoms. The summed E-state index contributed by atoms with van der Waals surface area (Å²) in [7, 11) is 0. The van der Waals surface area contributed by atoms with Gasteiger partial charge in [0.25, 0.3) is 0 Å². The third kappa shape index (κ3) is 30.7. The molecule has 7 aromatic rings. The lowest BCUT2D eigenvalue weighted by Gasteiger charge is -1.98. The quantitative estimate of drug-likeness (QED) is 0.158. The van der Waals surface area contributed by atoms with Crippen LogP contribution in [0.15, 0.2) is 194 Å². The minimum Gasteiger partial charge on any atom is -0.0683 e. The van der Waals surface area contributed by atoms with Gasteiger partial charge in [0.1, 0.15) is 0 Å². The Hall–Kier alpha value is -4.94. The molecule has 0 atom stereocenters. The zero-order chi connectivity index (χ0) is 42.1. The summed E-state index contributed by atoms with van der Waals surface area (Å²) in [6.07, 6.45) is 0. The lowest BCUT2D eigenvalue weighted by atomic mass is 10.1. The molecule has 0 radical (unpaired) electrons. The van der Waals surface area contributed by atoms with Crippen molar-refractivity contribution < 1.29 is 0 Å². The number of fused-ring (bicyclic) bond motifs is 2. The van der Waals surface area contributed by atoms with Gasteiger partial charge >= 0.3 is 0 Å². The van der Waals surface area contributed by atoms with Crippen LogP contribution in [0.25, 0.3) is 32.7 Å². The first-order chi connectivity index (χ1) is 26.9. The number of hydrogen-bond donors (Lipinski definition) is 0. The van der Waals surface area contributed by atoms with Crippen LogP contribution in [0.5, 0.6) is 0 Å². The monoisotopic (exact) mass is 729 g/mol. The first-order valence-electron chi connectivity index (χ1n) is 20.9. The maximum Gasteiger partial charge on any atom is -0.0184 e. The van der Waals surface area contributed by atoms with Crippen molar-refractivity contribution in [2.24, 2.45) is 0 Å². The van der Waals surface area contributed by atoms with Gasteiger partial charge in [0.2, 0.25) is 0 Å². The average Bonchev–Trinajstić information content (AvgIpc) is 3.33. The van der Waals surface area contributed by atoms with Gasteiger partial charge in [0.05, 0.1) is 0 Å². The molecular weight excluding hydrogens is 649 g/mol. The van der Waals surface area contributed by atoms with Gasteiger partial charge in [-0.05, 0) is 32.7 Å². The molecule has 0 bridgehead atoms. The molecule has 0 aliphatic carbocycles. The fraction of sp³-hybridized carbons (Fsp3) is 0.296. The van der Waals surface area contributed by atoms with E-state index in [2.05, 4.69) is 146 Å². The van der Waals surface area contributed by atoms with E-state index >= 15 is 0 Å². The molecule has 7 rings (SSSR count). The van der Waals surface area contributed by atoms with Gasteiger partial charge in [-0.2, -0.15) is 0 Å². The van der Waals surface area contributed by atoms with E-state index in [1.165, 1.54) is 32.7 Å². The SMILES string of the molecule is CC.CC.CC.CC.CC.CC.CC.CC.c1ccc(-c2ccccc2)cc1.c1ccc2ccccc2c1.c1ccc2ccccc2c1.c1ccccc1. The molecule has 0 N–H and O–H groups in total. The van der Waals surface area contributed by atoms with Gasteiger partial charge in [-0.25, -0.2) is 0 Å². The standard InChI is InChI=1S/C12H10.2C10H8.C6H6.8C2H6/c1-3-7-11(8-4-1)12-9-5-2-6-10-12;2*1-2-6-10-8-4-3-7-9(10)5-1;1-2-4-6-5-3-1;8*1-2/h1-10H;2*1-8H;1-6H;8*1-2H3. The Morgan fingerprint density at radius 1 is 0.148 bits per heavy atom. The van der Waals surface area contributed by atoms with Crippen LogP contribution in [-0.2, 0) is 0 Å². The highest BCUT2D eigenvalue weighted by molar-refractivity contribution is 5.82. The highest BCUT2D eigenvalue weighted by atomic mass is 14.0. The van der Waals surface area contributed by atoms with E-state index in [0.29, 0.717) is 0 Å². The molecule has 0 fully saturated rings. The molecule has 0 aliphatic heterocycles. The van der Waals surface area contributed by atoms with Crippen LogP contribution in [0.1, 0.15) is 111 Å². The molecule has 0 saturated heterocycles. The smallest absolute Gasteiger partial charge is 0.0184 e. The Morgan fingerprint density at radius 2 is 0.259 bits per heavy atom. The second-order valence-electron chi connectivity index (χ2n) is 8.58. The summed E-state index contributed by atoms with van der Waals surface area (Å²) >= 11 is 0. The summed E-state index contributed by atoms with van der Waals surface area (Å²) in [6.45, 7) is 32.0. The molecule has 0 spiro atoms. The van der Waals surface area contributed by atoms with Gasteiger partial charge in [0.15, 0.2) is 0 Å². The van der Waals surface area contributed by atoms with Crippen LogP contribution in [0.4, 0.5) is 0 Å². The fourth-order valence-corrected chi connectivity index (χ4v) is 3.91. The first-order valence-corrected chi connectivity index (χ1v) is 20.9. The Morgan fingerprint density at radius 3 is 0.407 bits per heavy atom. The van der Waals surface area contributed by atoms with E-state index < -0.39 is 0 Å². The van der Waals surface area contributed by atoms with Crippen molar-refractivity contribution >= 4 is 21.5 Å². The molecule has 0 heterocycles. The Kier molecular flexibility index (Phi) is 56.7. The predicted molar refractivity (Wildman–Crippen MR) is 257 cm³/mol. The molecule has 0 heteroatoms. The summed E-state index contributed by atoms with van der Waals surface area (Å²) in [5, 5.41) is 5.24. The van der Waals surface area contributed by atoms with E-state index in [0.717, 1.165) is 0 Å². The van der Waals surface area contributed by atoms with Crippen molar-refractivity contribution in [1.82, 2.24) is 0 Å². The lowest BCUT2D eigenvalue weighted by molar-refractivity contribution is 1.50. The predicted octanol–water partition coefficient (Wildman–Crippen LogP) is 18.9. The molecule has 7 aromatic carbocycles. The number of benzene rings is 7. The third-order valence-corrected chi connectivity index (χ3v) is 5.86. The van der Waals surface area contributed by atoms with Crippen molar-refractivity contribution in [2.75, 3.05) is 0 Å². The van der Waals surface area contributed by atoms with Crippen LogP contribution in [0.2, 0.25) is 0 Å². The van der Waals surface area contributed by atoms with Crippen LogP contribution in [0, 0.1) is 0 Å². The molecule has 0 unspecified atom stereocenters. The minimum atomic E-state index is 1.28. The summed E-state index contributed by atoms with van der Waals surface area (Å²) in [5.41, 5.74) is 2.55. The Balaban J connectivity index is -0.000000178. The van der Waals surface area contributed by atoms with Crippen LogP contribution in [-0.4, -0.2) is 0 Å². The van der Waals surface area contributed by atoms with Crippen molar-refractivity contribution in [1.29, 1.82) is 0 Å². The van der Waals surface area contributed by atoms with E-state index in [-0.39, 0.29) is 0 Å². The first kappa shape index (κ1) is 58.4. The fourth-order valence-electron chi connectivity index (χ4n) is 3.91. The summed E-state index contributed by atoms with van der Waals surface area (Å²) in [5.74, 6) is 0. The summed E-state index contributed by atoms with van der Waals surface area (Å²) < 4.78 is 0. The zero-order valence-electron chi connectivity index (χ0n) is 37.5. The second-order valence-corrected chi connectivity index (χ2v) is 8.58. The molecular formula is C54H80. The Labute approximate surface area is 336 Å². The van der Waals surface area contributed by atoms with Crippen molar-refractivity contribution in [3.05, 3.63) is 194 Å². The average molecular weight is 729 g/mol.